The third kappa shape index (κ3) is 4.02. The third-order valence-corrected chi connectivity index (χ3v) is 6.40. The van der Waals surface area contributed by atoms with Gasteiger partial charge in [0.05, 0.1) is 10.5 Å². The number of carbonyl (C=O) groups excluding carboxylic acids is 4. The number of imide groups is 1. The molecule has 2 heterocycles. The van der Waals surface area contributed by atoms with E-state index in [1.165, 1.54) is 19.1 Å². The van der Waals surface area contributed by atoms with Crippen molar-refractivity contribution in [3.63, 3.8) is 0 Å². The number of nitrogens with zero attached hydrogens (tertiary/aromatic N) is 3. The van der Waals surface area contributed by atoms with Crippen LogP contribution in [0.5, 0.6) is 0 Å². The topological polar surface area (TPSA) is 130 Å². The van der Waals surface area contributed by atoms with E-state index in [0.717, 1.165) is 16.5 Å². The molecule has 176 valence electrons. The standard InChI is InChI=1S/C24H24N4O6/c1-14-6-3-4-7-17(14)21(29)25-16-10-12-26(13-11-16)22(30)15(2)27-23(31)18-8-5-9-19(28(33)34)20(18)24(27)32/h3-9,15-16H,10-13H2,1-2H3,(H,25,29). The van der Waals surface area contributed by atoms with E-state index in [1.54, 1.807) is 17.0 Å². The Labute approximate surface area is 195 Å². The molecule has 1 fully saturated rings. The minimum Gasteiger partial charge on any atom is -0.349 e. The lowest BCUT2D eigenvalue weighted by Crippen LogP contribution is -2.53. The van der Waals surface area contributed by atoms with Gasteiger partial charge in [0.1, 0.15) is 11.6 Å². The van der Waals surface area contributed by atoms with Gasteiger partial charge in [0.2, 0.25) is 5.91 Å². The van der Waals surface area contributed by atoms with E-state index in [-0.39, 0.29) is 23.1 Å². The predicted molar refractivity (Wildman–Crippen MR) is 121 cm³/mol. The van der Waals surface area contributed by atoms with E-state index in [2.05, 4.69) is 5.32 Å². The van der Waals surface area contributed by atoms with Gasteiger partial charge in [-0.2, -0.15) is 0 Å². The second-order valence-electron chi connectivity index (χ2n) is 8.50. The molecule has 0 saturated carbocycles. The Morgan fingerprint density at radius 1 is 1.06 bits per heavy atom. The van der Waals surface area contributed by atoms with E-state index in [1.807, 2.05) is 19.1 Å². The Balaban J connectivity index is 1.40. The Morgan fingerprint density at radius 2 is 1.74 bits per heavy atom. The van der Waals surface area contributed by atoms with Crippen LogP contribution in [0, 0.1) is 17.0 Å². The molecule has 1 unspecified atom stereocenters. The van der Waals surface area contributed by atoms with Crippen LogP contribution in [-0.4, -0.2) is 63.5 Å². The Morgan fingerprint density at radius 3 is 2.38 bits per heavy atom. The lowest BCUT2D eigenvalue weighted by molar-refractivity contribution is -0.385. The smallest absolute Gasteiger partial charge is 0.282 e. The van der Waals surface area contributed by atoms with Crippen LogP contribution in [0.15, 0.2) is 42.5 Å². The summed E-state index contributed by atoms with van der Waals surface area (Å²) in [6.45, 7) is 4.02. The molecule has 1 N–H and O–H groups in total. The Bertz CT molecular complexity index is 1200. The maximum atomic E-state index is 13.1. The second kappa shape index (κ2) is 9.05. The monoisotopic (exact) mass is 464 g/mol. The fraction of sp³-hybridized carbons (Fsp3) is 0.333. The van der Waals surface area contributed by atoms with Gasteiger partial charge in [-0.05, 0) is 44.4 Å². The Kier molecular flexibility index (Phi) is 6.14. The molecule has 0 bridgehead atoms. The van der Waals surface area contributed by atoms with Crippen molar-refractivity contribution in [2.45, 2.75) is 38.8 Å². The van der Waals surface area contributed by atoms with E-state index >= 15 is 0 Å². The maximum absolute atomic E-state index is 13.1. The zero-order valence-corrected chi connectivity index (χ0v) is 18.8. The molecule has 1 saturated heterocycles. The Hall–Kier alpha value is -4.08. The molecule has 10 heteroatoms. The maximum Gasteiger partial charge on any atom is 0.282 e. The number of hydrogen-bond donors (Lipinski definition) is 1. The first-order valence-electron chi connectivity index (χ1n) is 11.0. The number of benzene rings is 2. The van der Waals surface area contributed by atoms with Crippen LogP contribution in [0.2, 0.25) is 0 Å². The normalized spacial score (nSPS) is 16.9. The van der Waals surface area contributed by atoms with Crippen molar-refractivity contribution in [3.8, 4) is 0 Å². The zero-order valence-electron chi connectivity index (χ0n) is 18.8. The summed E-state index contributed by atoms with van der Waals surface area (Å²) >= 11 is 0. The number of likely N-dealkylation sites (tertiary alicyclic amines) is 1. The lowest BCUT2D eigenvalue weighted by Gasteiger charge is -2.35. The summed E-state index contributed by atoms with van der Waals surface area (Å²) in [5.74, 6) is -2.14. The van der Waals surface area contributed by atoms with Gasteiger partial charge in [0.25, 0.3) is 23.4 Å². The number of piperidine rings is 1. The fourth-order valence-corrected chi connectivity index (χ4v) is 4.50. The first kappa shape index (κ1) is 23.1. The van der Waals surface area contributed by atoms with Crippen LogP contribution in [0.3, 0.4) is 0 Å². The van der Waals surface area contributed by atoms with Crippen molar-refractivity contribution >= 4 is 29.3 Å². The van der Waals surface area contributed by atoms with Crippen molar-refractivity contribution < 1.29 is 24.1 Å². The SMILES string of the molecule is Cc1ccccc1C(=O)NC1CCN(C(=O)C(C)N2C(=O)c3cccc([N+](=O)[O-])c3C2=O)CC1. The molecule has 2 aromatic carbocycles. The summed E-state index contributed by atoms with van der Waals surface area (Å²) < 4.78 is 0. The van der Waals surface area contributed by atoms with Crippen molar-refractivity contribution in [1.29, 1.82) is 0 Å². The number of nitro groups is 1. The van der Waals surface area contributed by atoms with E-state index in [4.69, 9.17) is 0 Å². The molecule has 4 rings (SSSR count). The van der Waals surface area contributed by atoms with Crippen molar-refractivity contribution in [3.05, 3.63) is 74.8 Å². The quantitative estimate of drug-likeness (QED) is 0.411. The molecule has 2 aromatic rings. The molecule has 0 aliphatic carbocycles. The number of fused-ring (bicyclic) bond motifs is 1. The van der Waals surface area contributed by atoms with Crippen LogP contribution in [-0.2, 0) is 4.79 Å². The van der Waals surface area contributed by atoms with Gasteiger partial charge in [-0.25, -0.2) is 0 Å². The van der Waals surface area contributed by atoms with Crippen LogP contribution >= 0.6 is 0 Å². The highest BCUT2D eigenvalue weighted by Gasteiger charge is 2.45. The molecular formula is C24H24N4O6. The first-order valence-corrected chi connectivity index (χ1v) is 11.0. The van der Waals surface area contributed by atoms with Gasteiger partial charge in [0.15, 0.2) is 0 Å². The second-order valence-corrected chi connectivity index (χ2v) is 8.50. The molecule has 4 amide bonds. The van der Waals surface area contributed by atoms with Crippen molar-refractivity contribution in [1.82, 2.24) is 15.1 Å². The summed E-state index contributed by atoms with van der Waals surface area (Å²) in [5.41, 5.74) is 0.673. The molecular weight excluding hydrogens is 440 g/mol. The van der Waals surface area contributed by atoms with Gasteiger partial charge in [-0.3, -0.25) is 34.2 Å². The average Bonchev–Trinajstić information content (AvgIpc) is 3.08. The number of nitro benzene ring substituents is 1. The summed E-state index contributed by atoms with van der Waals surface area (Å²) in [7, 11) is 0. The first-order chi connectivity index (χ1) is 16.2. The minimum atomic E-state index is -1.11. The summed E-state index contributed by atoms with van der Waals surface area (Å²) in [4.78, 5) is 64.3. The van der Waals surface area contributed by atoms with Crippen LogP contribution in [0.4, 0.5) is 5.69 Å². The zero-order chi connectivity index (χ0) is 24.6. The van der Waals surface area contributed by atoms with Crippen molar-refractivity contribution in [2.75, 3.05) is 13.1 Å². The number of carbonyl (C=O) groups is 4. The highest BCUT2D eigenvalue weighted by Crippen LogP contribution is 2.32. The number of hydrogen-bond acceptors (Lipinski definition) is 6. The predicted octanol–water partition coefficient (Wildman–Crippen LogP) is 2.31. The van der Waals surface area contributed by atoms with Gasteiger partial charge in [-0.1, -0.05) is 24.3 Å². The lowest BCUT2D eigenvalue weighted by atomic mass is 10.0. The number of rotatable bonds is 5. The highest BCUT2D eigenvalue weighted by molar-refractivity contribution is 6.24. The fourth-order valence-electron chi connectivity index (χ4n) is 4.50. The van der Waals surface area contributed by atoms with E-state index < -0.39 is 34.4 Å². The van der Waals surface area contributed by atoms with Gasteiger partial charge in [-0.15, -0.1) is 0 Å². The minimum absolute atomic E-state index is 0.0727. The molecule has 0 spiro atoms. The van der Waals surface area contributed by atoms with Crippen LogP contribution in [0.1, 0.15) is 56.4 Å². The van der Waals surface area contributed by atoms with Gasteiger partial charge >= 0.3 is 0 Å². The van der Waals surface area contributed by atoms with Gasteiger partial charge < -0.3 is 10.2 Å². The van der Waals surface area contributed by atoms with Crippen LogP contribution < -0.4 is 5.32 Å². The molecule has 10 nitrogen and oxygen atoms in total. The summed E-state index contributed by atoms with van der Waals surface area (Å²) in [6.07, 6.45) is 1.06. The highest BCUT2D eigenvalue weighted by atomic mass is 16.6. The number of amides is 4. The van der Waals surface area contributed by atoms with Crippen LogP contribution in [0.25, 0.3) is 0 Å². The molecule has 2 aliphatic heterocycles. The molecule has 1 atom stereocenters. The molecule has 2 aliphatic rings. The number of nitrogens with one attached hydrogen (secondary N) is 1. The van der Waals surface area contributed by atoms with E-state index in [0.29, 0.717) is 31.5 Å². The largest absolute Gasteiger partial charge is 0.349 e. The molecule has 0 aromatic heterocycles. The summed E-state index contributed by atoms with van der Waals surface area (Å²) in [6, 6.07) is 9.94. The van der Waals surface area contributed by atoms with E-state index in [9.17, 15) is 29.3 Å². The summed E-state index contributed by atoms with van der Waals surface area (Å²) in [5, 5.41) is 14.3. The number of aryl methyl sites for hydroxylation is 1. The third-order valence-electron chi connectivity index (χ3n) is 6.40. The van der Waals surface area contributed by atoms with Gasteiger partial charge in [0, 0.05) is 30.8 Å². The van der Waals surface area contributed by atoms with Crippen molar-refractivity contribution in [2.24, 2.45) is 0 Å². The molecule has 34 heavy (non-hydrogen) atoms. The molecule has 0 radical (unpaired) electrons. The average molecular weight is 464 g/mol.